The number of nitrogens with zero attached hydrogens (tertiary/aromatic N) is 4. The molecule has 0 radical (unpaired) electrons. The van der Waals surface area contributed by atoms with Gasteiger partial charge in [-0.25, -0.2) is 14.3 Å². The number of H-pyrrole nitrogens is 1. The number of benzene rings is 1. The maximum absolute atomic E-state index is 12.3. The van der Waals surface area contributed by atoms with Crippen molar-refractivity contribution in [3.63, 3.8) is 0 Å². The fourth-order valence-electron chi connectivity index (χ4n) is 2.76. The van der Waals surface area contributed by atoms with E-state index < -0.39 is 5.97 Å². The quantitative estimate of drug-likeness (QED) is 0.575. The van der Waals surface area contributed by atoms with Crippen molar-refractivity contribution in [1.29, 1.82) is 0 Å². The van der Waals surface area contributed by atoms with Crippen LogP contribution in [0.25, 0.3) is 27.8 Å². The van der Waals surface area contributed by atoms with Crippen molar-refractivity contribution in [2.24, 2.45) is 7.05 Å². The molecule has 4 rings (SSSR count). The van der Waals surface area contributed by atoms with Gasteiger partial charge in [0.05, 0.1) is 35.9 Å². The van der Waals surface area contributed by atoms with Crippen LogP contribution >= 0.6 is 0 Å². The highest BCUT2D eigenvalue weighted by molar-refractivity contribution is 5.89. The number of esters is 1. The van der Waals surface area contributed by atoms with E-state index >= 15 is 0 Å². The minimum atomic E-state index is -0.554. The van der Waals surface area contributed by atoms with Crippen molar-refractivity contribution >= 4 is 22.5 Å². The second-order valence-electron chi connectivity index (χ2n) is 5.64. The maximum Gasteiger partial charge on any atom is 0.358 e. The summed E-state index contributed by atoms with van der Waals surface area (Å²) in [6.07, 6.45) is 3.41. The summed E-state index contributed by atoms with van der Waals surface area (Å²) in [6.45, 7) is 1.96. The Kier molecular flexibility index (Phi) is 3.38. The molecule has 0 spiro atoms. The molecule has 0 amide bonds. The van der Waals surface area contributed by atoms with Crippen molar-refractivity contribution in [3.8, 4) is 11.3 Å². The number of nitrogens with one attached hydrogen (secondary N) is 1. The number of fused-ring (bicyclic) bond motifs is 2. The molecule has 3 aromatic heterocycles. The molecule has 0 bridgehead atoms. The largest absolute Gasteiger partial charge is 0.461 e. The predicted octanol–water partition coefficient (Wildman–Crippen LogP) is 1.75. The Morgan fingerprint density at radius 2 is 2.12 bits per heavy atom. The molecule has 1 N–H and O–H groups in total. The van der Waals surface area contributed by atoms with E-state index in [9.17, 15) is 9.59 Å². The molecule has 0 aliphatic rings. The van der Waals surface area contributed by atoms with Crippen LogP contribution < -0.4 is 5.56 Å². The van der Waals surface area contributed by atoms with E-state index in [1.807, 2.05) is 29.8 Å². The number of aromatic nitrogens is 5. The van der Waals surface area contributed by atoms with Gasteiger partial charge >= 0.3 is 5.97 Å². The lowest BCUT2D eigenvalue weighted by molar-refractivity contribution is 0.0519. The molecule has 8 heteroatoms. The fourth-order valence-corrected chi connectivity index (χ4v) is 2.76. The molecule has 8 nitrogen and oxygen atoms in total. The summed E-state index contributed by atoms with van der Waals surface area (Å²) in [5, 5.41) is 4.15. The Bertz CT molecular complexity index is 1170. The highest BCUT2D eigenvalue weighted by Crippen LogP contribution is 2.21. The van der Waals surface area contributed by atoms with Gasteiger partial charge in [-0.1, -0.05) is 6.07 Å². The van der Waals surface area contributed by atoms with Gasteiger partial charge in [-0.15, -0.1) is 0 Å². The zero-order valence-electron chi connectivity index (χ0n) is 13.7. The van der Waals surface area contributed by atoms with Crippen LogP contribution in [-0.2, 0) is 11.8 Å². The molecular formula is C17H15N5O3. The molecular weight excluding hydrogens is 322 g/mol. The summed E-state index contributed by atoms with van der Waals surface area (Å²) < 4.78 is 8.24. The van der Waals surface area contributed by atoms with Crippen molar-refractivity contribution in [1.82, 2.24) is 24.1 Å². The van der Waals surface area contributed by atoms with Gasteiger partial charge in [0.25, 0.3) is 5.56 Å². The number of rotatable bonds is 3. The molecule has 4 aromatic rings. The van der Waals surface area contributed by atoms with Gasteiger partial charge in [0.1, 0.15) is 5.52 Å². The molecule has 0 saturated heterocycles. The Morgan fingerprint density at radius 1 is 1.28 bits per heavy atom. The minimum Gasteiger partial charge on any atom is -0.461 e. The van der Waals surface area contributed by atoms with E-state index in [1.54, 1.807) is 19.4 Å². The van der Waals surface area contributed by atoms with Gasteiger partial charge < -0.3 is 14.3 Å². The third kappa shape index (κ3) is 2.47. The second-order valence-corrected chi connectivity index (χ2v) is 5.64. The van der Waals surface area contributed by atoms with E-state index in [4.69, 9.17) is 4.74 Å². The Hall–Kier alpha value is -3.42. The summed E-state index contributed by atoms with van der Waals surface area (Å²) >= 11 is 0. The number of imidazole rings is 1. The van der Waals surface area contributed by atoms with Crippen LogP contribution in [0.15, 0.2) is 41.6 Å². The lowest BCUT2D eigenvalue weighted by Gasteiger charge is -2.03. The third-order valence-corrected chi connectivity index (χ3v) is 3.99. The van der Waals surface area contributed by atoms with Crippen molar-refractivity contribution < 1.29 is 9.53 Å². The van der Waals surface area contributed by atoms with E-state index in [1.165, 1.54) is 10.6 Å². The molecule has 0 fully saturated rings. The monoisotopic (exact) mass is 337 g/mol. The molecule has 25 heavy (non-hydrogen) atoms. The SMILES string of the molecule is CCOC(=O)c1cc2c(=O)[nH]c(-c3ccc4c(c3)ncn4C)cn2n1. The average Bonchev–Trinajstić information content (AvgIpc) is 3.19. The lowest BCUT2D eigenvalue weighted by atomic mass is 10.1. The summed E-state index contributed by atoms with van der Waals surface area (Å²) in [4.78, 5) is 31.3. The zero-order valence-corrected chi connectivity index (χ0v) is 13.7. The molecule has 0 aliphatic carbocycles. The van der Waals surface area contributed by atoms with E-state index in [0.717, 1.165) is 16.6 Å². The standard InChI is InChI=1S/C17H15N5O3/c1-3-25-17(24)12-7-15-16(23)19-13(8-22(15)20-12)10-4-5-14-11(6-10)18-9-21(14)2/h4-9H,3H2,1-2H3,(H,19,23). The van der Waals surface area contributed by atoms with Crippen LogP contribution in [0.4, 0.5) is 0 Å². The van der Waals surface area contributed by atoms with Gasteiger partial charge in [-0.05, 0) is 19.1 Å². The summed E-state index contributed by atoms with van der Waals surface area (Å²) in [5.41, 5.74) is 3.27. The Morgan fingerprint density at radius 3 is 2.92 bits per heavy atom. The van der Waals surface area contributed by atoms with Crippen molar-refractivity contribution in [2.75, 3.05) is 6.61 Å². The van der Waals surface area contributed by atoms with Crippen LogP contribution in [0.3, 0.4) is 0 Å². The number of aromatic amines is 1. The first-order valence-corrected chi connectivity index (χ1v) is 7.78. The molecule has 1 aromatic carbocycles. The van der Waals surface area contributed by atoms with Crippen LogP contribution in [0.2, 0.25) is 0 Å². The topological polar surface area (TPSA) is 94.3 Å². The van der Waals surface area contributed by atoms with Crippen molar-refractivity contribution in [2.45, 2.75) is 6.92 Å². The highest BCUT2D eigenvalue weighted by atomic mass is 16.5. The number of carbonyl (C=O) groups excluding carboxylic acids is 1. The van der Waals surface area contributed by atoms with Crippen LogP contribution in [0.5, 0.6) is 0 Å². The first-order valence-electron chi connectivity index (χ1n) is 7.78. The molecule has 0 unspecified atom stereocenters. The lowest BCUT2D eigenvalue weighted by Crippen LogP contribution is -2.10. The second kappa shape index (κ2) is 5.59. The molecule has 0 saturated carbocycles. The van der Waals surface area contributed by atoms with Gasteiger partial charge in [-0.2, -0.15) is 5.10 Å². The normalized spacial score (nSPS) is 11.3. The highest BCUT2D eigenvalue weighted by Gasteiger charge is 2.15. The summed E-state index contributed by atoms with van der Waals surface area (Å²) in [5.74, 6) is -0.554. The molecule has 0 aliphatic heterocycles. The third-order valence-electron chi connectivity index (χ3n) is 3.99. The summed E-state index contributed by atoms with van der Waals surface area (Å²) in [7, 11) is 1.92. The summed E-state index contributed by atoms with van der Waals surface area (Å²) in [6, 6.07) is 7.15. The van der Waals surface area contributed by atoms with E-state index in [-0.39, 0.29) is 23.4 Å². The molecule has 126 valence electrons. The minimum absolute atomic E-state index is 0.102. The first kappa shape index (κ1) is 15.1. The average molecular weight is 337 g/mol. The molecule has 0 atom stereocenters. The smallest absolute Gasteiger partial charge is 0.358 e. The maximum atomic E-state index is 12.3. The van der Waals surface area contributed by atoms with Crippen LogP contribution in [0.1, 0.15) is 17.4 Å². The van der Waals surface area contributed by atoms with E-state index in [2.05, 4.69) is 15.1 Å². The zero-order chi connectivity index (χ0) is 17.6. The Balaban J connectivity index is 1.84. The number of carbonyl (C=O) groups is 1. The van der Waals surface area contributed by atoms with Crippen LogP contribution in [-0.4, -0.2) is 36.7 Å². The van der Waals surface area contributed by atoms with Crippen molar-refractivity contribution in [3.05, 3.63) is 52.8 Å². The number of ether oxygens (including phenoxy) is 1. The number of hydrogen-bond donors (Lipinski definition) is 1. The fraction of sp³-hybridized carbons (Fsp3) is 0.176. The van der Waals surface area contributed by atoms with Gasteiger partial charge in [-0.3, -0.25) is 4.79 Å². The van der Waals surface area contributed by atoms with E-state index in [0.29, 0.717) is 5.69 Å². The van der Waals surface area contributed by atoms with Crippen LogP contribution in [0, 0.1) is 0 Å². The first-order chi connectivity index (χ1) is 12.1. The van der Waals surface area contributed by atoms with Gasteiger partial charge in [0.15, 0.2) is 5.69 Å². The molecule has 3 heterocycles. The predicted molar refractivity (Wildman–Crippen MR) is 91.5 cm³/mol. The van der Waals surface area contributed by atoms with Gasteiger partial charge in [0, 0.05) is 18.7 Å². The number of aryl methyl sites for hydroxylation is 1. The van der Waals surface area contributed by atoms with Gasteiger partial charge in [0.2, 0.25) is 0 Å². The Labute approximate surface area is 141 Å². The number of hydrogen-bond acceptors (Lipinski definition) is 5.